The molecule has 178 valence electrons. The lowest BCUT2D eigenvalue weighted by molar-refractivity contribution is -0.115. The van der Waals surface area contributed by atoms with Gasteiger partial charge in [0, 0.05) is 16.9 Å². The predicted molar refractivity (Wildman–Crippen MR) is 136 cm³/mol. The third-order valence-corrected chi connectivity index (χ3v) is 7.24. The van der Waals surface area contributed by atoms with E-state index >= 15 is 0 Å². The molecule has 3 aromatic carbocycles. The number of hydrogen-bond acceptors (Lipinski definition) is 4. The zero-order chi connectivity index (χ0) is 24.6. The van der Waals surface area contributed by atoms with Crippen LogP contribution in [-0.2, 0) is 27.5 Å². The van der Waals surface area contributed by atoms with Crippen molar-refractivity contribution in [1.82, 2.24) is 0 Å². The predicted octanol–water partition coefficient (Wildman–Crippen LogP) is 5.26. The maximum absolute atomic E-state index is 12.9. The topological polar surface area (TPSA) is 92.3 Å². The number of nitrogens with one attached hydrogen (secondary N) is 2. The average molecular weight is 479 g/mol. The van der Waals surface area contributed by atoms with Crippen LogP contribution in [0.2, 0.25) is 0 Å². The van der Waals surface area contributed by atoms with Crippen LogP contribution in [0.15, 0.2) is 77.7 Å². The molecule has 34 heavy (non-hydrogen) atoms. The van der Waals surface area contributed by atoms with Crippen molar-refractivity contribution in [2.24, 2.45) is 0 Å². The van der Waals surface area contributed by atoms with Gasteiger partial charge in [0.2, 0.25) is 5.91 Å². The zero-order valence-corrected chi connectivity index (χ0v) is 20.3. The molecule has 0 radical (unpaired) electrons. The quantitative estimate of drug-likeness (QED) is 0.416. The van der Waals surface area contributed by atoms with Gasteiger partial charge in [0.05, 0.1) is 17.1 Å². The van der Waals surface area contributed by atoms with E-state index in [4.69, 9.17) is 0 Å². The highest BCUT2D eigenvalue weighted by atomic mass is 32.2. The normalized spacial score (nSPS) is 11.1. The molecule has 2 N–H and O–H groups in total. The van der Waals surface area contributed by atoms with E-state index in [1.165, 1.54) is 12.1 Å². The largest absolute Gasteiger partial charge is 0.326 e. The first kappa shape index (κ1) is 25.2. The maximum atomic E-state index is 12.9. The number of carbonyl (C=O) groups excluding carboxylic acids is 2. The van der Waals surface area contributed by atoms with Gasteiger partial charge in [-0.15, -0.1) is 0 Å². The van der Waals surface area contributed by atoms with Crippen LogP contribution in [0.3, 0.4) is 0 Å². The van der Waals surface area contributed by atoms with Crippen LogP contribution in [0.1, 0.15) is 48.2 Å². The van der Waals surface area contributed by atoms with Crippen molar-refractivity contribution in [3.8, 4) is 0 Å². The molecule has 0 bridgehead atoms. The van der Waals surface area contributed by atoms with Crippen molar-refractivity contribution in [2.75, 3.05) is 16.4 Å². The highest BCUT2D eigenvalue weighted by Crippen LogP contribution is 2.21. The number of sulfone groups is 1. The summed E-state index contributed by atoms with van der Waals surface area (Å²) in [5.74, 6) is -0.363. The lowest BCUT2D eigenvalue weighted by Crippen LogP contribution is -2.17. The standard InChI is InChI=1S/C27H30N2O4S/c1-3-5-9-21-19-23(14-17-25(21)27(31)29-22-10-7-6-8-11-22)28-26(30)18-20-12-15-24(16-13-20)34(32,33)4-2/h6-8,10-17,19H,3-5,9,18H2,1-2H3,(H,28,30)(H,29,31). The van der Waals surface area contributed by atoms with Crippen molar-refractivity contribution in [3.63, 3.8) is 0 Å². The summed E-state index contributed by atoms with van der Waals surface area (Å²) in [6.45, 7) is 3.69. The van der Waals surface area contributed by atoms with Crippen LogP contribution < -0.4 is 10.6 Å². The lowest BCUT2D eigenvalue weighted by atomic mass is 10.00. The number of hydrogen-bond donors (Lipinski definition) is 2. The molecule has 0 unspecified atom stereocenters. The Labute approximate surface area is 201 Å². The second kappa shape index (κ2) is 11.6. The zero-order valence-electron chi connectivity index (χ0n) is 19.5. The van der Waals surface area contributed by atoms with Gasteiger partial charge in [0.25, 0.3) is 5.91 Å². The summed E-state index contributed by atoms with van der Waals surface area (Å²) in [5.41, 5.74) is 3.53. The highest BCUT2D eigenvalue weighted by Gasteiger charge is 2.15. The Morgan fingerprint density at radius 2 is 1.53 bits per heavy atom. The van der Waals surface area contributed by atoms with Gasteiger partial charge in [-0.3, -0.25) is 9.59 Å². The SMILES string of the molecule is CCCCc1cc(NC(=O)Cc2ccc(S(=O)(=O)CC)cc2)ccc1C(=O)Nc1ccccc1. The Kier molecular flexibility index (Phi) is 8.60. The van der Waals surface area contributed by atoms with Crippen molar-refractivity contribution >= 4 is 33.0 Å². The summed E-state index contributed by atoms with van der Waals surface area (Å²) < 4.78 is 23.9. The van der Waals surface area contributed by atoms with Gasteiger partial charge in [0.15, 0.2) is 9.84 Å². The van der Waals surface area contributed by atoms with Crippen LogP contribution in [0.5, 0.6) is 0 Å². The van der Waals surface area contributed by atoms with Gasteiger partial charge in [-0.05, 0) is 66.4 Å². The summed E-state index contributed by atoms with van der Waals surface area (Å²) in [5, 5.41) is 5.81. The second-order valence-corrected chi connectivity index (χ2v) is 10.3. The summed E-state index contributed by atoms with van der Waals surface area (Å²) in [6, 6.07) is 21.0. The molecule has 7 heteroatoms. The van der Waals surface area contributed by atoms with Crippen LogP contribution in [0.4, 0.5) is 11.4 Å². The number of rotatable bonds is 10. The summed E-state index contributed by atoms with van der Waals surface area (Å²) >= 11 is 0. The van der Waals surface area contributed by atoms with Gasteiger partial charge in [-0.25, -0.2) is 8.42 Å². The molecule has 0 atom stereocenters. The first-order valence-corrected chi connectivity index (χ1v) is 13.1. The average Bonchev–Trinajstić information content (AvgIpc) is 2.83. The number of aryl methyl sites for hydroxylation is 1. The first-order chi connectivity index (χ1) is 16.3. The monoisotopic (exact) mass is 478 g/mol. The molecule has 3 rings (SSSR count). The second-order valence-electron chi connectivity index (χ2n) is 8.07. The van der Waals surface area contributed by atoms with Gasteiger partial charge in [-0.1, -0.05) is 50.6 Å². The molecule has 0 aliphatic rings. The fourth-order valence-corrected chi connectivity index (χ4v) is 4.44. The van der Waals surface area contributed by atoms with E-state index < -0.39 is 9.84 Å². The van der Waals surface area contributed by atoms with Gasteiger partial charge >= 0.3 is 0 Å². The molecule has 6 nitrogen and oxygen atoms in total. The van der Waals surface area contributed by atoms with Gasteiger partial charge in [-0.2, -0.15) is 0 Å². The van der Waals surface area contributed by atoms with Gasteiger partial charge in [0.1, 0.15) is 0 Å². The minimum absolute atomic E-state index is 0.0343. The van der Waals surface area contributed by atoms with Crippen LogP contribution in [-0.4, -0.2) is 26.0 Å². The number of benzene rings is 3. The van der Waals surface area contributed by atoms with E-state index in [1.807, 2.05) is 36.4 Å². The van der Waals surface area contributed by atoms with E-state index in [0.29, 0.717) is 11.3 Å². The third kappa shape index (κ3) is 6.78. The minimum atomic E-state index is -3.27. The summed E-state index contributed by atoms with van der Waals surface area (Å²) in [4.78, 5) is 25.7. The molecular formula is C27H30N2O4S. The molecule has 2 amide bonds. The molecule has 3 aromatic rings. The number of carbonyl (C=O) groups is 2. The fraction of sp³-hybridized carbons (Fsp3) is 0.259. The van der Waals surface area contributed by atoms with Crippen molar-refractivity contribution < 1.29 is 18.0 Å². The van der Waals surface area contributed by atoms with Crippen molar-refractivity contribution in [2.45, 2.75) is 44.4 Å². The fourth-order valence-electron chi connectivity index (χ4n) is 3.56. The summed E-state index contributed by atoms with van der Waals surface area (Å²) in [7, 11) is -3.27. The van der Waals surface area contributed by atoms with Crippen molar-refractivity contribution in [3.05, 3.63) is 89.5 Å². The van der Waals surface area contributed by atoms with E-state index in [0.717, 1.165) is 36.1 Å². The van der Waals surface area contributed by atoms with Crippen LogP contribution in [0.25, 0.3) is 0 Å². The van der Waals surface area contributed by atoms with E-state index in [1.54, 1.807) is 31.2 Å². The van der Waals surface area contributed by atoms with E-state index in [9.17, 15) is 18.0 Å². The Morgan fingerprint density at radius 3 is 2.18 bits per heavy atom. The van der Waals surface area contributed by atoms with Crippen molar-refractivity contribution in [1.29, 1.82) is 0 Å². The number of amides is 2. The van der Waals surface area contributed by atoms with Gasteiger partial charge < -0.3 is 10.6 Å². The number of anilines is 2. The Hall–Kier alpha value is -3.45. The molecule has 0 aliphatic carbocycles. The lowest BCUT2D eigenvalue weighted by Gasteiger charge is -2.13. The Balaban J connectivity index is 1.71. The Morgan fingerprint density at radius 1 is 0.824 bits per heavy atom. The van der Waals surface area contributed by atoms with Crippen LogP contribution in [0, 0.1) is 0 Å². The minimum Gasteiger partial charge on any atom is -0.326 e. The van der Waals surface area contributed by atoms with E-state index in [2.05, 4.69) is 17.6 Å². The number of unbranched alkanes of at least 4 members (excludes halogenated alkanes) is 1. The Bertz CT molecular complexity index is 1240. The number of para-hydroxylation sites is 1. The molecule has 0 aliphatic heterocycles. The third-order valence-electron chi connectivity index (χ3n) is 5.49. The summed E-state index contributed by atoms with van der Waals surface area (Å²) in [6.07, 6.45) is 2.76. The molecular weight excluding hydrogens is 448 g/mol. The van der Waals surface area contributed by atoms with Crippen LogP contribution >= 0.6 is 0 Å². The molecule has 0 saturated heterocycles. The molecule has 0 aromatic heterocycles. The molecule has 0 spiro atoms. The highest BCUT2D eigenvalue weighted by molar-refractivity contribution is 7.91. The smallest absolute Gasteiger partial charge is 0.255 e. The first-order valence-electron chi connectivity index (χ1n) is 11.4. The molecule has 0 heterocycles. The van der Waals surface area contributed by atoms with E-state index in [-0.39, 0.29) is 28.9 Å². The maximum Gasteiger partial charge on any atom is 0.255 e. The molecule has 0 fully saturated rings. The molecule has 0 saturated carbocycles.